The number of aldehydes is 1. The minimum absolute atomic E-state index is 0.0779. The number of nitrogens with zero attached hydrogens (tertiary/aromatic N) is 1. The van der Waals surface area contributed by atoms with Crippen LogP contribution in [0.3, 0.4) is 0 Å². The molecule has 1 rings (SSSR count). The van der Waals surface area contributed by atoms with Gasteiger partial charge in [0.25, 0.3) is 0 Å². The van der Waals surface area contributed by atoms with Gasteiger partial charge in [0.1, 0.15) is 5.69 Å². The highest BCUT2D eigenvalue weighted by atomic mass is 19.4. The summed E-state index contributed by atoms with van der Waals surface area (Å²) in [5.41, 5.74) is -2.75. The molecule has 0 fully saturated rings. The molecule has 0 N–H and O–H groups in total. The molecule has 0 amide bonds. The fourth-order valence-corrected chi connectivity index (χ4v) is 1.15. The maximum atomic E-state index is 12.5. The van der Waals surface area contributed by atoms with Crippen LogP contribution in [-0.4, -0.2) is 24.7 Å². The summed E-state index contributed by atoms with van der Waals surface area (Å²) in [5, 5.41) is 0. The first kappa shape index (κ1) is 15.1. The van der Waals surface area contributed by atoms with E-state index >= 15 is 0 Å². The Morgan fingerprint density at radius 1 is 1.16 bits per heavy atom. The van der Waals surface area contributed by atoms with Gasteiger partial charge < -0.3 is 9.47 Å². The van der Waals surface area contributed by atoms with Gasteiger partial charge in [0.05, 0.1) is 7.11 Å². The van der Waals surface area contributed by atoms with Gasteiger partial charge in [-0.2, -0.15) is 13.2 Å². The van der Waals surface area contributed by atoms with E-state index in [1.165, 1.54) is 0 Å². The van der Waals surface area contributed by atoms with E-state index in [-0.39, 0.29) is 6.29 Å². The predicted molar refractivity (Wildman–Crippen MR) is 47.9 cm³/mol. The lowest BCUT2D eigenvalue weighted by Gasteiger charge is -2.16. The number of carbonyl (C=O) groups excluding carboxylic acids is 1. The molecule has 0 aliphatic heterocycles. The van der Waals surface area contributed by atoms with Crippen LogP contribution in [-0.2, 0) is 6.18 Å². The number of carbonyl (C=O) groups is 1. The second-order valence-electron chi connectivity index (χ2n) is 3.09. The quantitative estimate of drug-likeness (QED) is 0.634. The molecular formula is C9H5F6NO3. The molecule has 0 aliphatic carbocycles. The summed E-state index contributed by atoms with van der Waals surface area (Å²) < 4.78 is 81.2. The van der Waals surface area contributed by atoms with E-state index in [4.69, 9.17) is 0 Å². The summed E-state index contributed by atoms with van der Waals surface area (Å²) in [6.45, 7) is 0. The Kier molecular flexibility index (Phi) is 3.91. The van der Waals surface area contributed by atoms with Gasteiger partial charge in [0.15, 0.2) is 23.5 Å². The van der Waals surface area contributed by atoms with Crippen LogP contribution in [0.5, 0.6) is 11.5 Å². The molecule has 1 aromatic rings. The molecule has 106 valence electrons. The second kappa shape index (κ2) is 4.94. The van der Waals surface area contributed by atoms with Crippen molar-refractivity contribution in [2.24, 2.45) is 0 Å². The number of hydrogen-bond acceptors (Lipinski definition) is 4. The summed E-state index contributed by atoms with van der Waals surface area (Å²) >= 11 is 0. The molecule has 0 saturated carbocycles. The number of hydrogen-bond donors (Lipinski definition) is 0. The summed E-state index contributed by atoms with van der Waals surface area (Å²) in [6.07, 6.45) is -10.6. The zero-order chi connectivity index (χ0) is 14.8. The summed E-state index contributed by atoms with van der Waals surface area (Å²) in [7, 11) is 0.953. The Labute approximate surface area is 101 Å². The van der Waals surface area contributed by atoms with Crippen molar-refractivity contribution in [1.82, 2.24) is 4.98 Å². The molecule has 4 nitrogen and oxygen atoms in total. The number of alkyl halides is 6. The summed E-state index contributed by atoms with van der Waals surface area (Å²) in [5.74, 6) is -2.16. The minimum atomic E-state index is -5.34. The molecule has 19 heavy (non-hydrogen) atoms. The van der Waals surface area contributed by atoms with Crippen molar-refractivity contribution in [1.29, 1.82) is 0 Å². The van der Waals surface area contributed by atoms with Gasteiger partial charge in [-0.1, -0.05) is 0 Å². The van der Waals surface area contributed by atoms with Gasteiger partial charge in [-0.25, -0.2) is 4.98 Å². The highest BCUT2D eigenvalue weighted by Gasteiger charge is 2.41. The fraction of sp³-hybridized carbons (Fsp3) is 0.333. The molecule has 0 atom stereocenters. The molecule has 1 heterocycles. The molecule has 0 aliphatic rings. The van der Waals surface area contributed by atoms with Gasteiger partial charge in [0.2, 0.25) is 0 Å². The third-order valence-corrected chi connectivity index (χ3v) is 1.81. The van der Waals surface area contributed by atoms with Crippen LogP contribution in [0.1, 0.15) is 16.2 Å². The molecule has 0 unspecified atom stereocenters. The zero-order valence-electron chi connectivity index (χ0n) is 9.09. The molecule has 0 spiro atoms. The van der Waals surface area contributed by atoms with E-state index in [0.29, 0.717) is 6.07 Å². The Morgan fingerprint density at radius 3 is 2.11 bits per heavy atom. The Hall–Kier alpha value is -2.00. The first-order chi connectivity index (χ1) is 8.58. The number of pyridine rings is 1. The van der Waals surface area contributed by atoms with Gasteiger partial charge >= 0.3 is 12.5 Å². The lowest BCUT2D eigenvalue weighted by Crippen LogP contribution is -2.21. The number of methoxy groups -OCH3 is 1. The first-order valence-electron chi connectivity index (χ1n) is 4.45. The Bertz CT molecular complexity index is 482. The van der Waals surface area contributed by atoms with Crippen LogP contribution < -0.4 is 9.47 Å². The van der Waals surface area contributed by atoms with E-state index < -0.39 is 35.4 Å². The van der Waals surface area contributed by atoms with Crippen molar-refractivity contribution in [3.8, 4) is 11.5 Å². The molecule has 0 bridgehead atoms. The molecular weight excluding hydrogens is 284 g/mol. The average molecular weight is 289 g/mol. The maximum absolute atomic E-state index is 12.5. The number of rotatable bonds is 3. The van der Waals surface area contributed by atoms with E-state index in [9.17, 15) is 31.1 Å². The van der Waals surface area contributed by atoms with Crippen molar-refractivity contribution in [2.45, 2.75) is 12.5 Å². The summed E-state index contributed by atoms with van der Waals surface area (Å²) in [6, 6.07) is 0.299. The topological polar surface area (TPSA) is 48.4 Å². The maximum Gasteiger partial charge on any atom is 0.573 e. The summed E-state index contributed by atoms with van der Waals surface area (Å²) in [4.78, 5) is 13.3. The van der Waals surface area contributed by atoms with Crippen LogP contribution in [0.25, 0.3) is 0 Å². The SMILES string of the molecule is COc1cc(OC(F)(F)F)c(C(F)(F)F)nc1C=O. The Balaban J connectivity index is 3.45. The molecule has 0 radical (unpaired) electrons. The highest BCUT2D eigenvalue weighted by molar-refractivity contribution is 5.77. The van der Waals surface area contributed by atoms with Crippen LogP contribution in [0, 0.1) is 0 Å². The van der Waals surface area contributed by atoms with Crippen molar-refractivity contribution in [3.63, 3.8) is 0 Å². The van der Waals surface area contributed by atoms with Gasteiger partial charge in [-0.3, -0.25) is 4.79 Å². The average Bonchev–Trinajstić information content (AvgIpc) is 2.24. The van der Waals surface area contributed by atoms with Crippen molar-refractivity contribution in [2.75, 3.05) is 7.11 Å². The fourth-order valence-electron chi connectivity index (χ4n) is 1.15. The van der Waals surface area contributed by atoms with E-state index in [1.54, 1.807) is 0 Å². The standard InChI is InChI=1S/C9H5F6NO3/c1-18-5-2-6(19-9(13,14)15)7(8(10,11)12)16-4(5)3-17/h2-3H,1H3. The third kappa shape index (κ3) is 3.73. The van der Waals surface area contributed by atoms with Gasteiger partial charge in [-0.15, -0.1) is 13.2 Å². The largest absolute Gasteiger partial charge is 0.573 e. The van der Waals surface area contributed by atoms with Crippen LogP contribution in [0.15, 0.2) is 6.07 Å². The zero-order valence-corrected chi connectivity index (χ0v) is 9.09. The Morgan fingerprint density at radius 2 is 1.74 bits per heavy atom. The van der Waals surface area contributed by atoms with Crippen LogP contribution in [0.4, 0.5) is 26.3 Å². The van der Waals surface area contributed by atoms with Crippen molar-refractivity contribution in [3.05, 3.63) is 17.5 Å². The van der Waals surface area contributed by atoms with Gasteiger partial charge in [0, 0.05) is 6.07 Å². The molecule has 10 heteroatoms. The van der Waals surface area contributed by atoms with E-state index in [2.05, 4.69) is 14.5 Å². The first-order valence-corrected chi connectivity index (χ1v) is 4.45. The van der Waals surface area contributed by atoms with Crippen LogP contribution >= 0.6 is 0 Å². The van der Waals surface area contributed by atoms with E-state index in [1.807, 2.05) is 0 Å². The smallest absolute Gasteiger partial charge is 0.494 e. The molecule has 0 saturated heterocycles. The van der Waals surface area contributed by atoms with Crippen molar-refractivity contribution >= 4 is 6.29 Å². The van der Waals surface area contributed by atoms with Crippen LogP contribution in [0.2, 0.25) is 0 Å². The van der Waals surface area contributed by atoms with Gasteiger partial charge in [-0.05, 0) is 0 Å². The number of halogens is 6. The van der Waals surface area contributed by atoms with Crippen molar-refractivity contribution < 1.29 is 40.6 Å². The second-order valence-corrected chi connectivity index (χ2v) is 3.09. The predicted octanol–water partition coefficient (Wildman–Crippen LogP) is 2.82. The third-order valence-electron chi connectivity index (χ3n) is 1.81. The monoisotopic (exact) mass is 289 g/mol. The normalized spacial score (nSPS) is 12.2. The highest BCUT2D eigenvalue weighted by Crippen LogP contribution is 2.39. The number of aromatic nitrogens is 1. The lowest BCUT2D eigenvalue weighted by atomic mass is 10.2. The minimum Gasteiger partial charge on any atom is -0.494 e. The lowest BCUT2D eigenvalue weighted by molar-refractivity contribution is -0.276. The molecule has 1 aromatic heterocycles. The molecule has 0 aromatic carbocycles. The van der Waals surface area contributed by atoms with E-state index in [0.717, 1.165) is 7.11 Å². The number of ether oxygens (including phenoxy) is 2.